The molecule has 4 fully saturated rings. The average Bonchev–Trinajstić information content (AvgIpc) is 3.07. The van der Waals surface area contributed by atoms with Crippen LogP contribution in [0.4, 0.5) is 0 Å². The minimum absolute atomic E-state index is 0.368. The molecule has 0 amide bonds. The third-order valence-corrected chi connectivity index (χ3v) is 6.20. The van der Waals surface area contributed by atoms with E-state index in [-0.39, 0.29) is 0 Å². The minimum Gasteiger partial charge on any atom is -0.320 e. The lowest BCUT2D eigenvalue weighted by atomic mass is 10.1. The first-order chi connectivity index (χ1) is 9.79. The summed E-state index contributed by atoms with van der Waals surface area (Å²) in [5.74, 6) is 0. The topological polar surface area (TPSA) is 18.5 Å². The van der Waals surface area contributed by atoms with Gasteiger partial charge >= 0.3 is 0 Å². The van der Waals surface area contributed by atoms with E-state index in [1.54, 1.807) is 0 Å². The van der Waals surface area contributed by atoms with Crippen LogP contribution in [0.1, 0.15) is 38.5 Å². The van der Waals surface area contributed by atoms with Crippen LogP contribution in [0.5, 0.6) is 0 Å². The third kappa shape index (κ3) is 2.41. The minimum atomic E-state index is 0.368. The van der Waals surface area contributed by atoms with Crippen molar-refractivity contribution < 1.29 is 18.4 Å². The molecule has 2 spiro atoms. The van der Waals surface area contributed by atoms with Gasteiger partial charge in [0.15, 0.2) is 13.5 Å². The molecule has 20 heavy (non-hydrogen) atoms. The van der Waals surface area contributed by atoms with Gasteiger partial charge in [0.1, 0.15) is 25.3 Å². The molecule has 0 bridgehead atoms. The molecule has 0 saturated carbocycles. The molecular formula is C16H30N2O2+2. The van der Waals surface area contributed by atoms with Crippen molar-refractivity contribution >= 4 is 0 Å². The lowest BCUT2D eigenvalue weighted by Crippen LogP contribution is -2.52. The van der Waals surface area contributed by atoms with Crippen molar-refractivity contribution in [3.63, 3.8) is 0 Å². The molecule has 4 nitrogen and oxygen atoms in total. The summed E-state index contributed by atoms with van der Waals surface area (Å²) in [5, 5.41) is 0. The van der Waals surface area contributed by atoms with E-state index in [0.29, 0.717) is 12.2 Å². The molecule has 0 aromatic heterocycles. The van der Waals surface area contributed by atoms with E-state index in [1.807, 2.05) is 0 Å². The van der Waals surface area contributed by atoms with E-state index >= 15 is 0 Å². The summed E-state index contributed by atoms with van der Waals surface area (Å²) in [7, 11) is 0. The molecule has 4 heterocycles. The van der Waals surface area contributed by atoms with Crippen molar-refractivity contribution in [2.75, 3.05) is 52.7 Å². The first kappa shape index (κ1) is 13.5. The maximum Gasteiger partial charge on any atom is 0.183 e. The molecule has 4 aliphatic heterocycles. The van der Waals surface area contributed by atoms with E-state index in [0.717, 1.165) is 13.5 Å². The summed E-state index contributed by atoms with van der Waals surface area (Å²) in [6.45, 7) is 9.67. The Morgan fingerprint density at radius 2 is 0.950 bits per heavy atom. The fourth-order valence-corrected chi connectivity index (χ4v) is 4.92. The smallest absolute Gasteiger partial charge is 0.183 e. The van der Waals surface area contributed by atoms with Crippen LogP contribution in [0.15, 0.2) is 0 Å². The van der Waals surface area contributed by atoms with Crippen molar-refractivity contribution in [1.29, 1.82) is 0 Å². The van der Waals surface area contributed by atoms with Crippen LogP contribution >= 0.6 is 0 Å². The predicted molar refractivity (Wildman–Crippen MR) is 76.9 cm³/mol. The molecular weight excluding hydrogens is 252 g/mol. The van der Waals surface area contributed by atoms with Gasteiger partial charge in [-0.1, -0.05) is 0 Å². The monoisotopic (exact) mass is 282 g/mol. The average molecular weight is 282 g/mol. The molecule has 4 aliphatic rings. The van der Waals surface area contributed by atoms with Gasteiger partial charge in [0.05, 0.1) is 26.2 Å². The van der Waals surface area contributed by atoms with E-state index in [1.165, 1.54) is 86.8 Å². The second kappa shape index (κ2) is 5.24. The number of hydrogen-bond donors (Lipinski definition) is 0. The zero-order valence-corrected chi connectivity index (χ0v) is 12.8. The van der Waals surface area contributed by atoms with Crippen LogP contribution in [0.2, 0.25) is 0 Å². The van der Waals surface area contributed by atoms with Gasteiger partial charge < -0.3 is 9.47 Å². The highest BCUT2D eigenvalue weighted by molar-refractivity contribution is 4.78. The molecule has 4 rings (SSSR count). The lowest BCUT2D eigenvalue weighted by Gasteiger charge is -2.36. The molecule has 2 atom stereocenters. The zero-order chi connectivity index (χ0) is 13.5. The van der Waals surface area contributed by atoms with Crippen LogP contribution < -0.4 is 0 Å². The van der Waals surface area contributed by atoms with Gasteiger partial charge in [0.2, 0.25) is 0 Å². The van der Waals surface area contributed by atoms with Crippen molar-refractivity contribution in [3.05, 3.63) is 0 Å². The molecule has 0 aromatic carbocycles. The molecule has 0 aliphatic carbocycles. The molecule has 114 valence electrons. The fourth-order valence-electron chi connectivity index (χ4n) is 4.92. The van der Waals surface area contributed by atoms with Crippen LogP contribution in [-0.2, 0) is 9.47 Å². The second-order valence-corrected chi connectivity index (χ2v) is 7.73. The number of quaternary nitrogens is 2. The van der Waals surface area contributed by atoms with Gasteiger partial charge in [-0.05, 0) is 38.5 Å². The molecule has 0 radical (unpaired) electrons. The number of nitrogens with zero attached hydrogens (tertiary/aromatic N) is 2. The highest BCUT2D eigenvalue weighted by Crippen LogP contribution is 2.32. The van der Waals surface area contributed by atoms with Gasteiger partial charge in [-0.25, -0.2) is 0 Å². The van der Waals surface area contributed by atoms with Gasteiger partial charge in [0, 0.05) is 0 Å². The lowest BCUT2D eigenvalue weighted by molar-refractivity contribution is -0.931. The van der Waals surface area contributed by atoms with E-state index in [9.17, 15) is 0 Å². The number of rotatable bonds is 1. The second-order valence-electron chi connectivity index (χ2n) is 7.73. The molecule has 4 saturated heterocycles. The van der Waals surface area contributed by atoms with Gasteiger partial charge in [-0.15, -0.1) is 0 Å². The summed E-state index contributed by atoms with van der Waals surface area (Å²) in [6, 6.07) is 0. The Kier molecular flexibility index (Phi) is 3.53. The van der Waals surface area contributed by atoms with E-state index < -0.39 is 0 Å². The van der Waals surface area contributed by atoms with E-state index in [4.69, 9.17) is 9.47 Å². The molecule has 4 heteroatoms. The Morgan fingerprint density at radius 3 is 1.35 bits per heavy atom. The number of hydrogen-bond acceptors (Lipinski definition) is 2. The summed E-state index contributed by atoms with van der Waals surface area (Å²) >= 11 is 0. The highest BCUT2D eigenvalue weighted by Gasteiger charge is 2.50. The summed E-state index contributed by atoms with van der Waals surface area (Å²) in [5.41, 5.74) is 0. The van der Waals surface area contributed by atoms with Gasteiger partial charge in [-0.2, -0.15) is 0 Å². The van der Waals surface area contributed by atoms with Crippen LogP contribution in [0.25, 0.3) is 0 Å². The summed E-state index contributed by atoms with van der Waals surface area (Å²) in [6.07, 6.45) is 9.14. The Hall–Kier alpha value is -0.160. The number of ether oxygens (including phenoxy) is 2. The molecule has 0 aromatic rings. The maximum atomic E-state index is 6.20. The maximum absolute atomic E-state index is 6.20. The largest absolute Gasteiger partial charge is 0.320 e. The molecule has 0 N–H and O–H groups in total. The standard InChI is InChI=1S/C16H30N2O2/c1-3-7-17(8-4-1)11-15(19-13-17)16-12-18(14-20-16)9-5-2-6-10-18/h15-16H,1-14H2/q+2. The Bertz CT molecular complexity index is 314. The van der Waals surface area contributed by atoms with Crippen molar-refractivity contribution in [2.24, 2.45) is 0 Å². The predicted octanol–water partition coefficient (Wildman–Crippen LogP) is 1.70. The molecule has 2 unspecified atom stereocenters. The van der Waals surface area contributed by atoms with Gasteiger partial charge in [-0.3, -0.25) is 8.97 Å². The van der Waals surface area contributed by atoms with Crippen LogP contribution in [0, 0.1) is 0 Å². The highest BCUT2D eigenvalue weighted by atomic mass is 16.6. The quantitative estimate of drug-likeness (QED) is 0.682. The summed E-state index contributed by atoms with van der Waals surface area (Å²) in [4.78, 5) is 0. The SMILES string of the molecule is C1CC[N+]2(CC1)COC(C1C[N+]3(CCCCC3)CO1)C2. The Labute approximate surface area is 122 Å². The van der Waals surface area contributed by atoms with Gasteiger partial charge in [0.25, 0.3) is 0 Å². The first-order valence-electron chi connectivity index (χ1n) is 8.73. The van der Waals surface area contributed by atoms with Crippen LogP contribution in [0.3, 0.4) is 0 Å². The Balaban J connectivity index is 1.37. The zero-order valence-electron chi connectivity index (χ0n) is 12.8. The third-order valence-electron chi connectivity index (χ3n) is 6.20. The van der Waals surface area contributed by atoms with Crippen molar-refractivity contribution in [2.45, 2.75) is 50.7 Å². The fraction of sp³-hybridized carbons (Fsp3) is 1.00. The van der Waals surface area contributed by atoms with Crippen molar-refractivity contribution in [3.8, 4) is 0 Å². The van der Waals surface area contributed by atoms with Crippen LogP contribution in [-0.4, -0.2) is 73.9 Å². The normalized spacial score (nSPS) is 39.6. The number of piperidine rings is 2. The van der Waals surface area contributed by atoms with E-state index in [2.05, 4.69) is 0 Å². The van der Waals surface area contributed by atoms with Crippen molar-refractivity contribution in [1.82, 2.24) is 0 Å². The summed E-state index contributed by atoms with van der Waals surface area (Å²) < 4.78 is 14.9. The first-order valence-corrected chi connectivity index (χ1v) is 8.73. The Morgan fingerprint density at radius 1 is 0.550 bits per heavy atom.